The van der Waals surface area contributed by atoms with Gasteiger partial charge in [-0.1, -0.05) is 53.9 Å². The predicted octanol–water partition coefficient (Wildman–Crippen LogP) is 7.35. The summed E-state index contributed by atoms with van der Waals surface area (Å²) in [4.78, 5) is 37.3. The molecule has 0 saturated carbocycles. The molecule has 0 bridgehead atoms. The number of piperidine rings is 1. The number of rotatable bonds is 5. The van der Waals surface area contributed by atoms with Crippen molar-refractivity contribution < 1.29 is 50.9 Å². The molecule has 0 aliphatic carbocycles. The highest BCUT2D eigenvalue weighted by Crippen LogP contribution is 2.25. The standard InChI is InChI=1S/C32H34ClN3O.2C2HF3O2/c1-34(30-15-11-28(12-16-30)27-9-13-29(33)14-10-27)32(37)17-8-25-4-6-26(7-5-25)24-35-22-18-31(19-23-35)36-20-2-3-21-36;2*3-2(4,5)1(6)7/h4-7,9-16,31H,2-3,18-24H2,1H3;2*(H,6,7). The number of hydrogen-bond acceptors (Lipinski definition) is 5. The fourth-order valence-electron chi connectivity index (χ4n) is 5.35. The molecule has 2 fully saturated rings. The minimum Gasteiger partial charge on any atom is -0.475 e. The molecule has 1 amide bonds. The van der Waals surface area contributed by atoms with Gasteiger partial charge < -0.3 is 20.0 Å². The maximum Gasteiger partial charge on any atom is 0.490 e. The van der Waals surface area contributed by atoms with Gasteiger partial charge in [0.05, 0.1) is 0 Å². The summed E-state index contributed by atoms with van der Waals surface area (Å²) in [6.45, 7) is 5.91. The lowest BCUT2D eigenvalue weighted by Crippen LogP contribution is -2.43. The number of carbonyl (C=O) groups is 3. The number of carboxylic acid groups (broad SMARTS) is 2. The van der Waals surface area contributed by atoms with E-state index in [4.69, 9.17) is 31.4 Å². The third-order valence-electron chi connectivity index (χ3n) is 8.11. The Bertz CT molecular complexity index is 1630. The van der Waals surface area contributed by atoms with Crippen LogP contribution in [-0.4, -0.2) is 89.5 Å². The Morgan fingerprint density at radius 3 is 1.67 bits per heavy atom. The number of benzene rings is 3. The molecular formula is C36H36ClF6N3O5. The van der Waals surface area contributed by atoms with Crippen LogP contribution in [0.4, 0.5) is 32.0 Å². The Balaban J connectivity index is 0.000000424. The van der Waals surface area contributed by atoms with Crippen LogP contribution in [0.3, 0.4) is 0 Å². The summed E-state index contributed by atoms with van der Waals surface area (Å²) >= 11 is 5.98. The fourth-order valence-corrected chi connectivity index (χ4v) is 5.47. The van der Waals surface area contributed by atoms with Gasteiger partial charge in [0.2, 0.25) is 0 Å². The first-order valence-corrected chi connectivity index (χ1v) is 16.1. The molecular weight excluding hydrogens is 704 g/mol. The van der Waals surface area contributed by atoms with Crippen molar-refractivity contribution in [1.82, 2.24) is 9.80 Å². The third kappa shape index (κ3) is 13.6. The number of aliphatic carboxylic acids is 2. The average molecular weight is 740 g/mol. The zero-order valence-corrected chi connectivity index (χ0v) is 28.2. The fraction of sp³-hybridized carbons (Fsp3) is 0.361. The lowest BCUT2D eigenvalue weighted by molar-refractivity contribution is -0.193. The summed E-state index contributed by atoms with van der Waals surface area (Å²) in [6, 6.07) is 24.7. The minimum absolute atomic E-state index is 0.232. The van der Waals surface area contributed by atoms with E-state index in [1.807, 2.05) is 60.7 Å². The topological polar surface area (TPSA) is 101 Å². The van der Waals surface area contributed by atoms with Crippen molar-refractivity contribution in [3.63, 3.8) is 0 Å². The molecule has 2 aliphatic heterocycles. The van der Waals surface area contributed by atoms with Crippen LogP contribution in [-0.2, 0) is 20.9 Å². The van der Waals surface area contributed by atoms with Gasteiger partial charge in [0.1, 0.15) is 0 Å². The van der Waals surface area contributed by atoms with Crippen molar-refractivity contribution in [2.24, 2.45) is 0 Å². The predicted molar refractivity (Wildman–Crippen MR) is 180 cm³/mol. The first kappa shape index (κ1) is 40.8. The maximum atomic E-state index is 12.7. The Morgan fingerprint density at radius 1 is 0.765 bits per heavy atom. The number of anilines is 1. The molecule has 0 unspecified atom stereocenters. The molecule has 2 saturated heterocycles. The van der Waals surface area contributed by atoms with Gasteiger partial charge in [0.25, 0.3) is 0 Å². The van der Waals surface area contributed by atoms with Crippen LogP contribution in [0.25, 0.3) is 11.1 Å². The number of carboxylic acids is 2. The van der Waals surface area contributed by atoms with Gasteiger partial charge in [-0.05, 0) is 105 Å². The first-order valence-electron chi connectivity index (χ1n) is 15.8. The van der Waals surface area contributed by atoms with Gasteiger partial charge in [0.15, 0.2) is 0 Å². The number of carbonyl (C=O) groups excluding carboxylic acids is 1. The Morgan fingerprint density at radius 2 is 1.22 bits per heavy atom. The van der Waals surface area contributed by atoms with E-state index in [2.05, 4.69) is 33.8 Å². The molecule has 5 rings (SSSR count). The van der Waals surface area contributed by atoms with Gasteiger partial charge in [0, 0.05) is 41.8 Å². The highest BCUT2D eigenvalue weighted by atomic mass is 35.5. The molecule has 2 aliphatic rings. The Hall–Kier alpha value is -4.58. The van der Waals surface area contributed by atoms with Crippen LogP contribution in [0.5, 0.6) is 0 Å². The summed E-state index contributed by atoms with van der Waals surface area (Å²) in [5.41, 5.74) is 5.12. The summed E-state index contributed by atoms with van der Waals surface area (Å²) in [7, 11) is 1.75. The van der Waals surface area contributed by atoms with E-state index in [1.54, 1.807) is 11.9 Å². The first-order chi connectivity index (χ1) is 23.9. The number of likely N-dealkylation sites (tertiary alicyclic amines) is 2. The molecule has 3 aromatic rings. The van der Waals surface area contributed by atoms with Crippen LogP contribution in [0, 0.1) is 11.8 Å². The third-order valence-corrected chi connectivity index (χ3v) is 8.36. The Kier molecular flexibility index (Phi) is 14.9. The quantitative estimate of drug-likeness (QED) is 0.209. The molecule has 3 aromatic carbocycles. The molecule has 2 heterocycles. The van der Waals surface area contributed by atoms with Crippen LogP contribution < -0.4 is 4.90 Å². The largest absolute Gasteiger partial charge is 0.490 e. The smallest absolute Gasteiger partial charge is 0.475 e. The maximum absolute atomic E-state index is 12.7. The number of hydrogen-bond donors (Lipinski definition) is 2. The summed E-state index contributed by atoms with van der Waals surface area (Å²) in [6.07, 6.45) is -4.86. The number of alkyl halides is 6. The molecule has 0 aromatic heterocycles. The lowest BCUT2D eigenvalue weighted by Gasteiger charge is -2.36. The second kappa shape index (κ2) is 18.6. The number of amides is 1. The molecule has 0 atom stereocenters. The molecule has 8 nitrogen and oxygen atoms in total. The second-order valence-electron chi connectivity index (χ2n) is 11.7. The molecule has 0 radical (unpaired) electrons. The van der Waals surface area contributed by atoms with Crippen LogP contribution in [0.2, 0.25) is 5.02 Å². The minimum atomic E-state index is -5.08. The number of halogens is 7. The van der Waals surface area contributed by atoms with Gasteiger partial charge in [-0.3, -0.25) is 9.69 Å². The van der Waals surface area contributed by atoms with Crippen molar-refractivity contribution in [2.45, 2.75) is 50.6 Å². The highest BCUT2D eigenvalue weighted by molar-refractivity contribution is 6.30. The Labute approximate surface area is 296 Å². The van der Waals surface area contributed by atoms with Crippen molar-refractivity contribution in [2.75, 3.05) is 38.1 Å². The van der Waals surface area contributed by atoms with Crippen LogP contribution in [0.1, 0.15) is 36.8 Å². The lowest BCUT2D eigenvalue weighted by atomic mass is 10.0. The van der Waals surface area contributed by atoms with E-state index in [1.165, 1.54) is 57.4 Å². The van der Waals surface area contributed by atoms with E-state index in [0.717, 1.165) is 35.0 Å². The molecule has 15 heteroatoms. The van der Waals surface area contributed by atoms with Crippen molar-refractivity contribution in [1.29, 1.82) is 0 Å². The van der Waals surface area contributed by atoms with E-state index in [0.29, 0.717) is 5.02 Å². The molecule has 274 valence electrons. The normalized spacial score (nSPS) is 15.3. The van der Waals surface area contributed by atoms with E-state index >= 15 is 0 Å². The molecule has 51 heavy (non-hydrogen) atoms. The molecule has 2 N–H and O–H groups in total. The van der Waals surface area contributed by atoms with Crippen molar-refractivity contribution in [3.8, 4) is 23.0 Å². The van der Waals surface area contributed by atoms with E-state index in [9.17, 15) is 31.1 Å². The van der Waals surface area contributed by atoms with Crippen LogP contribution >= 0.6 is 11.6 Å². The summed E-state index contributed by atoms with van der Waals surface area (Å²) in [5, 5.41) is 15.0. The average Bonchev–Trinajstić information content (AvgIpc) is 3.63. The van der Waals surface area contributed by atoms with E-state index in [-0.39, 0.29) is 5.91 Å². The van der Waals surface area contributed by atoms with Gasteiger partial charge in [-0.15, -0.1) is 0 Å². The second-order valence-corrected chi connectivity index (χ2v) is 12.2. The zero-order chi connectivity index (χ0) is 37.8. The summed E-state index contributed by atoms with van der Waals surface area (Å²) in [5.74, 6) is 0.0759. The monoisotopic (exact) mass is 739 g/mol. The van der Waals surface area contributed by atoms with Gasteiger partial charge >= 0.3 is 30.2 Å². The zero-order valence-electron chi connectivity index (χ0n) is 27.5. The highest BCUT2D eigenvalue weighted by Gasteiger charge is 2.39. The SMILES string of the molecule is CN(C(=O)C#Cc1ccc(CN2CCC(N3CCCC3)CC2)cc1)c1ccc(-c2ccc(Cl)cc2)cc1.O=C(O)C(F)(F)F.O=C(O)C(F)(F)F. The molecule has 0 spiro atoms. The van der Waals surface area contributed by atoms with Crippen LogP contribution in [0.15, 0.2) is 72.8 Å². The van der Waals surface area contributed by atoms with Gasteiger partial charge in [-0.2, -0.15) is 26.3 Å². The van der Waals surface area contributed by atoms with Crippen molar-refractivity contribution in [3.05, 3.63) is 88.9 Å². The summed E-state index contributed by atoms with van der Waals surface area (Å²) < 4.78 is 63.5. The number of nitrogens with zero attached hydrogens (tertiary/aromatic N) is 3. The van der Waals surface area contributed by atoms with Crippen molar-refractivity contribution >= 4 is 35.1 Å². The van der Waals surface area contributed by atoms with E-state index < -0.39 is 24.3 Å². The van der Waals surface area contributed by atoms with Gasteiger partial charge in [-0.25, -0.2) is 9.59 Å².